The first-order chi connectivity index (χ1) is 14.5. The van der Waals surface area contributed by atoms with Gasteiger partial charge in [-0.05, 0) is 60.9 Å². The van der Waals surface area contributed by atoms with E-state index in [0.717, 1.165) is 30.4 Å². The topological polar surface area (TPSA) is 76.4 Å². The van der Waals surface area contributed by atoms with Crippen molar-refractivity contribution in [3.8, 4) is 5.75 Å². The lowest BCUT2D eigenvalue weighted by atomic mass is 9.95. The van der Waals surface area contributed by atoms with Crippen molar-refractivity contribution in [2.75, 3.05) is 20.2 Å². The monoisotopic (exact) mass is 413 g/mol. The minimum absolute atomic E-state index is 0.00439. The van der Waals surface area contributed by atoms with E-state index in [1.165, 1.54) is 18.7 Å². The number of nitrogens with one attached hydrogen (secondary N) is 2. The van der Waals surface area contributed by atoms with Crippen LogP contribution in [0.25, 0.3) is 0 Å². The van der Waals surface area contributed by atoms with Crippen molar-refractivity contribution in [1.82, 2.24) is 10.6 Å². The number of halogens is 1. The van der Waals surface area contributed by atoms with Gasteiger partial charge in [-0.15, -0.1) is 0 Å². The van der Waals surface area contributed by atoms with Crippen LogP contribution in [0.3, 0.4) is 0 Å². The summed E-state index contributed by atoms with van der Waals surface area (Å²) in [7, 11) is 1.49. The van der Waals surface area contributed by atoms with Crippen LogP contribution in [-0.4, -0.2) is 32.1 Å². The number of hydrogen-bond acceptors (Lipinski definition) is 4. The second kappa shape index (κ2) is 10.5. The molecule has 0 radical (unpaired) electrons. The lowest BCUT2D eigenvalue weighted by molar-refractivity contribution is -0.120. The lowest BCUT2D eigenvalue weighted by Crippen LogP contribution is -2.30. The van der Waals surface area contributed by atoms with Gasteiger partial charge in [0.15, 0.2) is 11.6 Å². The first-order valence-electron chi connectivity index (χ1n) is 10.6. The highest BCUT2D eigenvalue weighted by Crippen LogP contribution is 2.36. The fourth-order valence-electron chi connectivity index (χ4n) is 4.20. The van der Waals surface area contributed by atoms with Crippen molar-refractivity contribution in [3.63, 3.8) is 0 Å². The van der Waals surface area contributed by atoms with E-state index in [2.05, 4.69) is 29.7 Å². The van der Waals surface area contributed by atoms with Gasteiger partial charge in [-0.25, -0.2) is 4.39 Å². The standard InChI is InChI=1S/C24H32FN3O2/c1-16(19-8-10-22(25)23(15-19)30-2)28-21-9-7-20(14-21)18-5-3-17(4-6-18)13-24(29)27-12-11-26/h3-6,8,10,15-16,20-21,28H,7,9,11-14,26H2,1-2H3,(H,27,29)/t16-,20-,21+/m1/s1. The Morgan fingerprint density at radius 3 is 2.70 bits per heavy atom. The second-order valence-electron chi connectivity index (χ2n) is 8.05. The van der Waals surface area contributed by atoms with E-state index in [0.29, 0.717) is 31.5 Å². The van der Waals surface area contributed by atoms with Crippen molar-refractivity contribution < 1.29 is 13.9 Å². The molecule has 162 valence electrons. The molecule has 0 bridgehead atoms. The summed E-state index contributed by atoms with van der Waals surface area (Å²) in [6, 6.07) is 14.0. The van der Waals surface area contributed by atoms with E-state index in [9.17, 15) is 9.18 Å². The van der Waals surface area contributed by atoms with Gasteiger partial charge < -0.3 is 21.1 Å². The number of carbonyl (C=O) groups excluding carboxylic acids is 1. The molecule has 1 saturated carbocycles. The molecule has 2 aromatic rings. The average molecular weight is 414 g/mol. The van der Waals surface area contributed by atoms with Crippen LogP contribution in [-0.2, 0) is 11.2 Å². The molecule has 0 heterocycles. The Kier molecular flexibility index (Phi) is 7.82. The number of hydrogen-bond donors (Lipinski definition) is 3. The highest BCUT2D eigenvalue weighted by Gasteiger charge is 2.27. The van der Waals surface area contributed by atoms with Crippen LogP contribution in [0.2, 0.25) is 0 Å². The summed E-state index contributed by atoms with van der Waals surface area (Å²) < 4.78 is 18.8. The molecule has 3 rings (SSSR count). The molecule has 0 aliphatic heterocycles. The van der Waals surface area contributed by atoms with Gasteiger partial charge in [0, 0.05) is 25.2 Å². The summed E-state index contributed by atoms with van der Waals surface area (Å²) >= 11 is 0. The van der Waals surface area contributed by atoms with Crippen LogP contribution < -0.4 is 21.1 Å². The van der Waals surface area contributed by atoms with Crippen molar-refractivity contribution in [2.45, 2.75) is 50.6 Å². The highest BCUT2D eigenvalue weighted by atomic mass is 19.1. The molecule has 30 heavy (non-hydrogen) atoms. The van der Waals surface area contributed by atoms with Gasteiger partial charge in [-0.2, -0.15) is 0 Å². The van der Waals surface area contributed by atoms with Crippen LogP contribution in [0.5, 0.6) is 5.75 Å². The number of amides is 1. The molecular weight excluding hydrogens is 381 g/mol. The van der Waals surface area contributed by atoms with E-state index < -0.39 is 0 Å². The summed E-state index contributed by atoms with van der Waals surface area (Å²) in [5, 5.41) is 6.48. The first-order valence-corrected chi connectivity index (χ1v) is 10.6. The van der Waals surface area contributed by atoms with Crippen LogP contribution in [0.4, 0.5) is 4.39 Å². The Labute approximate surface area is 178 Å². The van der Waals surface area contributed by atoms with E-state index in [1.54, 1.807) is 6.07 Å². The molecule has 4 N–H and O–H groups in total. The Bertz CT molecular complexity index is 841. The van der Waals surface area contributed by atoms with Crippen LogP contribution >= 0.6 is 0 Å². The summed E-state index contributed by atoms with van der Waals surface area (Å²) in [4.78, 5) is 11.8. The van der Waals surface area contributed by atoms with E-state index in [4.69, 9.17) is 10.5 Å². The number of benzene rings is 2. The third-order valence-electron chi connectivity index (χ3n) is 5.88. The van der Waals surface area contributed by atoms with Crippen LogP contribution in [0, 0.1) is 5.82 Å². The number of ether oxygens (including phenoxy) is 1. The molecule has 0 spiro atoms. The van der Waals surface area contributed by atoms with Gasteiger partial charge in [0.25, 0.3) is 0 Å². The molecule has 0 unspecified atom stereocenters. The van der Waals surface area contributed by atoms with Crippen LogP contribution in [0.15, 0.2) is 42.5 Å². The smallest absolute Gasteiger partial charge is 0.224 e. The number of methoxy groups -OCH3 is 1. The molecule has 5 nitrogen and oxygen atoms in total. The maximum absolute atomic E-state index is 13.7. The first kappa shape index (κ1) is 22.2. The SMILES string of the molecule is COc1cc([C@@H](C)N[C@H]2CC[C@@H](c3ccc(CC(=O)NCCN)cc3)C2)ccc1F. The fraction of sp³-hybridized carbons (Fsp3) is 0.458. The van der Waals surface area contributed by atoms with Gasteiger partial charge in [-0.1, -0.05) is 30.3 Å². The van der Waals surface area contributed by atoms with E-state index in [1.807, 2.05) is 18.2 Å². The van der Waals surface area contributed by atoms with E-state index >= 15 is 0 Å². The Morgan fingerprint density at radius 1 is 1.23 bits per heavy atom. The molecule has 1 aliphatic carbocycles. The summed E-state index contributed by atoms with van der Waals surface area (Å²) in [6.07, 6.45) is 3.69. The molecule has 1 fully saturated rings. The fourth-order valence-corrected chi connectivity index (χ4v) is 4.20. The predicted molar refractivity (Wildman–Crippen MR) is 117 cm³/mol. The number of carbonyl (C=O) groups is 1. The zero-order valence-electron chi connectivity index (χ0n) is 17.8. The van der Waals surface area contributed by atoms with Crippen molar-refractivity contribution in [3.05, 3.63) is 65.0 Å². The summed E-state index contributed by atoms with van der Waals surface area (Å²) in [6.45, 7) is 3.07. The second-order valence-corrected chi connectivity index (χ2v) is 8.05. The molecule has 3 atom stereocenters. The zero-order valence-corrected chi connectivity index (χ0v) is 17.8. The van der Waals surface area contributed by atoms with Gasteiger partial charge in [0.1, 0.15) is 0 Å². The molecule has 1 aliphatic rings. The largest absolute Gasteiger partial charge is 0.494 e. The lowest BCUT2D eigenvalue weighted by Gasteiger charge is -2.21. The maximum atomic E-state index is 13.7. The number of nitrogens with two attached hydrogens (primary N) is 1. The maximum Gasteiger partial charge on any atom is 0.224 e. The highest BCUT2D eigenvalue weighted by molar-refractivity contribution is 5.78. The predicted octanol–water partition coefficient (Wildman–Crippen LogP) is 3.44. The summed E-state index contributed by atoms with van der Waals surface area (Å²) in [5.74, 6) is 0.458. The van der Waals surface area contributed by atoms with E-state index in [-0.39, 0.29) is 23.5 Å². The Hall–Kier alpha value is -2.44. The normalized spacial score (nSPS) is 19.5. The minimum atomic E-state index is -0.338. The van der Waals surface area contributed by atoms with Gasteiger partial charge in [-0.3, -0.25) is 4.79 Å². The molecule has 1 amide bonds. The van der Waals surface area contributed by atoms with Crippen LogP contribution in [0.1, 0.15) is 54.8 Å². The van der Waals surface area contributed by atoms with Crippen molar-refractivity contribution in [1.29, 1.82) is 0 Å². The molecule has 0 aromatic heterocycles. The zero-order chi connectivity index (χ0) is 21.5. The third kappa shape index (κ3) is 5.80. The van der Waals surface area contributed by atoms with Gasteiger partial charge >= 0.3 is 0 Å². The molecule has 2 aromatic carbocycles. The summed E-state index contributed by atoms with van der Waals surface area (Å²) in [5.41, 5.74) is 8.77. The number of rotatable bonds is 9. The van der Waals surface area contributed by atoms with Crippen molar-refractivity contribution in [2.24, 2.45) is 5.73 Å². The Morgan fingerprint density at radius 2 is 2.00 bits per heavy atom. The minimum Gasteiger partial charge on any atom is -0.494 e. The Balaban J connectivity index is 1.53. The molecular formula is C24H32FN3O2. The quantitative estimate of drug-likeness (QED) is 0.589. The van der Waals surface area contributed by atoms with Gasteiger partial charge in [0.05, 0.1) is 13.5 Å². The van der Waals surface area contributed by atoms with Gasteiger partial charge in [0.2, 0.25) is 5.91 Å². The van der Waals surface area contributed by atoms with Crippen molar-refractivity contribution >= 4 is 5.91 Å². The average Bonchev–Trinajstić information content (AvgIpc) is 3.21. The molecule has 0 saturated heterocycles. The molecule has 6 heteroatoms. The third-order valence-corrected chi connectivity index (χ3v) is 5.88.